The first-order chi connectivity index (χ1) is 8.04. The molecule has 0 radical (unpaired) electrons. The fourth-order valence-electron chi connectivity index (χ4n) is 1.34. The first-order valence-electron chi connectivity index (χ1n) is 4.97. The lowest BCUT2D eigenvalue weighted by Crippen LogP contribution is -2.37. The molecule has 0 aliphatic carbocycles. The maximum Gasteiger partial charge on any atom is 0.305 e. The Hall–Kier alpha value is -1.82. The van der Waals surface area contributed by atoms with E-state index >= 15 is 0 Å². The van der Waals surface area contributed by atoms with Crippen molar-refractivity contribution >= 4 is 29.0 Å². The van der Waals surface area contributed by atoms with Crippen molar-refractivity contribution in [3.8, 4) is 5.75 Å². The van der Waals surface area contributed by atoms with Crippen LogP contribution < -0.4 is 15.4 Å². The first kappa shape index (κ1) is 13.2. The highest BCUT2D eigenvalue weighted by atomic mass is 32.1. The number of carboxylic acids is 1. The van der Waals surface area contributed by atoms with Crippen LogP contribution in [0.2, 0.25) is 0 Å². The number of nitrogens with zero attached hydrogens (tertiary/aromatic N) is 1. The minimum atomic E-state index is -0.889. The fraction of sp³-hybridized carbons (Fsp3) is 0.273. The third-order valence-corrected chi connectivity index (χ3v) is 2.42. The van der Waals surface area contributed by atoms with Crippen LogP contribution in [0.3, 0.4) is 0 Å². The van der Waals surface area contributed by atoms with Crippen molar-refractivity contribution in [1.29, 1.82) is 0 Å². The summed E-state index contributed by atoms with van der Waals surface area (Å²) in [6, 6.07) is 7.09. The van der Waals surface area contributed by atoms with E-state index < -0.39 is 5.97 Å². The van der Waals surface area contributed by atoms with Crippen LogP contribution in [-0.2, 0) is 4.79 Å². The Morgan fingerprint density at radius 2 is 2.06 bits per heavy atom. The van der Waals surface area contributed by atoms with E-state index in [2.05, 4.69) is 0 Å². The molecule has 3 N–H and O–H groups in total. The standard InChI is InChI=1S/C11H14N2O3S/c1-16-9-4-2-8(3-5-9)13(11(12)17)7-6-10(14)15/h2-5H,6-7H2,1H3,(H2,12,17)(H,14,15). The molecule has 0 bridgehead atoms. The minimum Gasteiger partial charge on any atom is -0.497 e. The number of hydrogen-bond donors (Lipinski definition) is 2. The zero-order chi connectivity index (χ0) is 12.8. The van der Waals surface area contributed by atoms with Crippen LogP contribution >= 0.6 is 12.2 Å². The summed E-state index contributed by atoms with van der Waals surface area (Å²) < 4.78 is 5.03. The Morgan fingerprint density at radius 3 is 2.47 bits per heavy atom. The minimum absolute atomic E-state index is 0.0244. The summed E-state index contributed by atoms with van der Waals surface area (Å²) in [4.78, 5) is 12.1. The lowest BCUT2D eigenvalue weighted by molar-refractivity contribution is -0.136. The normalized spacial score (nSPS) is 9.71. The highest BCUT2D eigenvalue weighted by molar-refractivity contribution is 7.80. The zero-order valence-corrected chi connectivity index (χ0v) is 10.2. The number of benzene rings is 1. The van der Waals surface area contributed by atoms with Gasteiger partial charge in [0.1, 0.15) is 5.75 Å². The fourth-order valence-corrected chi connectivity index (χ4v) is 1.53. The average molecular weight is 254 g/mol. The van der Waals surface area contributed by atoms with Gasteiger partial charge in [0.05, 0.1) is 13.5 Å². The number of rotatable bonds is 5. The lowest BCUT2D eigenvalue weighted by Gasteiger charge is -2.22. The predicted molar refractivity (Wildman–Crippen MR) is 69.4 cm³/mol. The molecule has 92 valence electrons. The summed E-state index contributed by atoms with van der Waals surface area (Å²) >= 11 is 4.89. The van der Waals surface area contributed by atoms with Gasteiger partial charge in [0.15, 0.2) is 5.11 Å². The van der Waals surface area contributed by atoms with Crippen LogP contribution in [0, 0.1) is 0 Å². The van der Waals surface area contributed by atoms with Gasteiger partial charge < -0.3 is 20.5 Å². The van der Waals surface area contributed by atoms with Crippen molar-refractivity contribution in [3.05, 3.63) is 24.3 Å². The van der Waals surface area contributed by atoms with Crippen LogP contribution in [0.1, 0.15) is 6.42 Å². The number of aliphatic carboxylic acids is 1. The van der Waals surface area contributed by atoms with Gasteiger partial charge in [-0.1, -0.05) is 0 Å². The molecule has 0 aliphatic rings. The molecule has 0 fully saturated rings. The van der Waals surface area contributed by atoms with Gasteiger partial charge in [-0.2, -0.15) is 0 Å². The van der Waals surface area contributed by atoms with Crippen molar-refractivity contribution in [1.82, 2.24) is 0 Å². The number of anilines is 1. The van der Waals surface area contributed by atoms with Crippen LogP contribution in [-0.4, -0.2) is 29.8 Å². The number of methoxy groups -OCH3 is 1. The Kier molecular flexibility index (Phi) is 4.71. The lowest BCUT2D eigenvalue weighted by atomic mass is 10.2. The van der Waals surface area contributed by atoms with Crippen LogP contribution in [0.25, 0.3) is 0 Å². The molecule has 0 unspecified atom stereocenters. The molecule has 6 heteroatoms. The van der Waals surface area contributed by atoms with Crippen molar-refractivity contribution in [2.75, 3.05) is 18.6 Å². The molecule has 0 aliphatic heterocycles. The molecule has 0 heterocycles. The number of thiocarbonyl (C=S) groups is 1. The molecular weight excluding hydrogens is 240 g/mol. The van der Waals surface area contributed by atoms with Gasteiger partial charge in [0.2, 0.25) is 0 Å². The van der Waals surface area contributed by atoms with Gasteiger partial charge >= 0.3 is 5.97 Å². The highest BCUT2D eigenvalue weighted by Gasteiger charge is 2.11. The number of hydrogen-bond acceptors (Lipinski definition) is 3. The van der Waals surface area contributed by atoms with Crippen molar-refractivity contribution in [2.45, 2.75) is 6.42 Å². The van der Waals surface area contributed by atoms with E-state index in [0.29, 0.717) is 0 Å². The van der Waals surface area contributed by atoms with Crippen LogP contribution in [0.15, 0.2) is 24.3 Å². The number of nitrogens with two attached hydrogens (primary N) is 1. The third-order valence-electron chi connectivity index (χ3n) is 2.20. The van der Waals surface area contributed by atoms with Crippen molar-refractivity contribution < 1.29 is 14.6 Å². The largest absolute Gasteiger partial charge is 0.497 e. The summed E-state index contributed by atoms with van der Waals surface area (Å²) in [5.41, 5.74) is 6.31. The van der Waals surface area contributed by atoms with Gasteiger partial charge in [-0.3, -0.25) is 4.79 Å². The molecule has 0 aromatic heterocycles. The topological polar surface area (TPSA) is 75.8 Å². The Bertz CT molecular complexity index is 406. The second-order valence-corrected chi connectivity index (χ2v) is 3.75. The van der Waals surface area contributed by atoms with E-state index in [1.54, 1.807) is 36.3 Å². The molecule has 0 spiro atoms. The van der Waals surface area contributed by atoms with Gasteiger partial charge in [-0.25, -0.2) is 0 Å². The maximum atomic E-state index is 10.5. The molecule has 1 aromatic rings. The van der Waals surface area contributed by atoms with Crippen molar-refractivity contribution in [3.63, 3.8) is 0 Å². The van der Waals surface area contributed by atoms with Gasteiger partial charge in [0, 0.05) is 12.2 Å². The monoisotopic (exact) mass is 254 g/mol. The summed E-state index contributed by atoms with van der Waals surface area (Å²) in [6.45, 7) is 0.247. The zero-order valence-electron chi connectivity index (χ0n) is 9.42. The molecule has 17 heavy (non-hydrogen) atoms. The first-order valence-corrected chi connectivity index (χ1v) is 5.38. The summed E-state index contributed by atoms with van der Waals surface area (Å²) in [6.07, 6.45) is -0.0244. The van der Waals surface area contributed by atoms with E-state index in [9.17, 15) is 4.79 Å². The van der Waals surface area contributed by atoms with Crippen LogP contribution in [0.5, 0.6) is 5.75 Å². The Morgan fingerprint density at radius 1 is 1.47 bits per heavy atom. The highest BCUT2D eigenvalue weighted by Crippen LogP contribution is 2.19. The molecule has 0 saturated heterocycles. The molecular formula is C11H14N2O3S. The molecule has 0 atom stereocenters. The summed E-state index contributed by atoms with van der Waals surface area (Å²) in [5.74, 6) is -0.172. The number of carboxylic acid groups (broad SMARTS) is 1. The average Bonchev–Trinajstić information content (AvgIpc) is 2.29. The molecule has 0 amide bonds. The maximum absolute atomic E-state index is 10.5. The second-order valence-electron chi connectivity index (χ2n) is 3.33. The van der Waals surface area contributed by atoms with Gasteiger partial charge in [0.25, 0.3) is 0 Å². The Balaban J connectivity index is 2.81. The van der Waals surface area contributed by atoms with Crippen LogP contribution in [0.4, 0.5) is 5.69 Å². The smallest absolute Gasteiger partial charge is 0.305 e. The van der Waals surface area contributed by atoms with E-state index in [0.717, 1.165) is 11.4 Å². The molecule has 0 saturated carbocycles. The predicted octanol–water partition coefficient (Wildman–Crippen LogP) is 1.22. The van der Waals surface area contributed by atoms with E-state index in [-0.39, 0.29) is 18.1 Å². The number of ether oxygens (including phenoxy) is 1. The second kappa shape index (κ2) is 6.05. The van der Waals surface area contributed by atoms with Gasteiger partial charge in [-0.05, 0) is 36.5 Å². The Labute approximate surface area is 105 Å². The summed E-state index contributed by atoms with van der Waals surface area (Å²) in [7, 11) is 1.57. The number of carbonyl (C=O) groups is 1. The van der Waals surface area contributed by atoms with Crippen molar-refractivity contribution in [2.24, 2.45) is 5.73 Å². The quantitative estimate of drug-likeness (QED) is 0.769. The van der Waals surface area contributed by atoms with Gasteiger partial charge in [-0.15, -0.1) is 0 Å². The third kappa shape index (κ3) is 3.92. The van der Waals surface area contributed by atoms with E-state index in [1.165, 1.54) is 0 Å². The van der Waals surface area contributed by atoms with E-state index in [1.807, 2.05) is 0 Å². The molecule has 5 nitrogen and oxygen atoms in total. The molecule has 1 rings (SSSR count). The summed E-state index contributed by atoms with van der Waals surface area (Å²) in [5, 5.41) is 8.79. The SMILES string of the molecule is COc1ccc(N(CCC(=O)O)C(N)=S)cc1. The molecule has 1 aromatic carbocycles. The van der Waals surface area contributed by atoms with E-state index in [4.69, 9.17) is 27.8 Å².